The van der Waals surface area contributed by atoms with Crippen LogP contribution in [0.4, 0.5) is 11.6 Å². The van der Waals surface area contributed by atoms with Crippen LogP contribution in [0.1, 0.15) is 16.1 Å². The summed E-state index contributed by atoms with van der Waals surface area (Å²) in [7, 11) is 1.64. The molecule has 0 saturated carbocycles. The number of para-hydroxylation sites is 1. The highest BCUT2D eigenvalue weighted by atomic mass is 16.5. The lowest BCUT2D eigenvalue weighted by Gasteiger charge is -2.08. The van der Waals surface area contributed by atoms with Crippen LogP contribution < -0.4 is 15.4 Å². The second-order valence-corrected chi connectivity index (χ2v) is 5.61. The molecule has 0 aliphatic rings. The number of aromatic nitrogens is 2. The summed E-state index contributed by atoms with van der Waals surface area (Å²) in [4.78, 5) is 20.7. The molecular weight excluding hydrogens is 328 g/mol. The zero-order chi connectivity index (χ0) is 18.2. The van der Waals surface area contributed by atoms with Gasteiger partial charge in [0.2, 0.25) is 5.95 Å². The van der Waals surface area contributed by atoms with E-state index in [0.29, 0.717) is 24.6 Å². The van der Waals surface area contributed by atoms with E-state index in [0.717, 1.165) is 17.0 Å². The number of amides is 1. The van der Waals surface area contributed by atoms with Crippen LogP contribution in [0.3, 0.4) is 0 Å². The normalized spacial score (nSPS) is 10.2. The molecule has 1 aromatic heterocycles. The molecule has 0 bridgehead atoms. The summed E-state index contributed by atoms with van der Waals surface area (Å²) in [5.74, 6) is 0.962. The number of carbonyl (C=O) groups excluding carboxylic acids is 1. The van der Waals surface area contributed by atoms with Crippen LogP contribution in [0.5, 0.6) is 5.75 Å². The van der Waals surface area contributed by atoms with Crippen molar-refractivity contribution in [1.82, 2.24) is 15.3 Å². The molecule has 3 rings (SSSR count). The number of rotatable bonds is 7. The summed E-state index contributed by atoms with van der Waals surface area (Å²) in [6, 6.07) is 18.9. The molecule has 0 aliphatic heterocycles. The highest BCUT2D eigenvalue weighted by Crippen LogP contribution is 2.13. The minimum Gasteiger partial charge on any atom is -0.497 e. The van der Waals surface area contributed by atoms with E-state index in [4.69, 9.17) is 4.74 Å². The summed E-state index contributed by atoms with van der Waals surface area (Å²) < 4.78 is 5.20. The van der Waals surface area contributed by atoms with Gasteiger partial charge in [0.15, 0.2) is 0 Å². The van der Waals surface area contributed by atoms with Crippen LogP contribution in [0.25, 0.3) is 0 Å². The number of methoxy groups -OCH3 is 1. The lowest BCUT2D eigenvalue weighted by Crippen LogP contribution is -2.26. The predicted octanol–water partition coefficient (Wildman–Crippen LogP) is 3.20. The Bertz CT molecular complexity index is 868. The zero-order valence-corrected chi connectivity index (χ0v) is 14.5. The van der Waals surface area contributed by atoms with Crippen molar-refractivity contribution in [3.63, 3.8) is 0 Å². The summed E-state index contributed by atoms with van der Waals surface area (Å²) in [6.07, 6.45) is 2.28. The third-order valence-electron chi connectivity index (χ3n) is 3.75. The number of nitrogens with zero attached hydrogens (tertiary/aromatic N) is 2. The second-order valence-electron chi connectivity index (χ2n) is 5.61. The number of ether oxygens (including phenoxy) is 1. The summed E-state index contributed by atoms with van der Waals surface area (Å²) in [6.45, 7) is 0.511. The standard InChI is InChI=1S/C20H20N4O2/c1-26-17-9-5-6-15(14-17)10-12-21-19(25)18-11-13-22-20(24-18)23-16-7-3-2-4-8-16/h2-9,11,13-14H,10,12H2,1H3,(H,21,25)(H,22,23,24). The first-order chi connectivity index (χ1) is 12.7. The first-order valence-electron chi connectivity index (χ1n) is 8.31. The molecule has 132 valence electrons. The quantitative estimate of drug-likeness (QED) is 0.686. The molecule has 1 amide bonds. The van der Waals surface area contributed by atoms with Gasteiger partial charge in [0.1, 0.15) is 11.4 Å². The Morgan fingerprint density at radius 3 is 2.73 bits per heavy atom. The fraction of sp³-hybridized carbons (Fsp3) is 0.150. The number of anilines is 2. The molecule has 0 radical (unpaired) electrons. The van der Waals surface area contributed by atoms with Crippen molar-refractivity contribution in [3.8, 4) is 5.75 Å². The second kappa shape index (κ2) is 8.62. The number of hydrogen-bond donors (Lipinski definition) is 2. The van der Waals surface area contributed by atoms with Gasteiger partial charge in [-0.3, -0.25) is 4.79 Å². The van der Waals surface area contributed by atoms with Crippen molar-refractivity contribution >= 4 is 17.5 Å². The smallest absolute Gasteiger partial charge is 0.270 e. The number of carbonyl (C=O) groups is 1. The number of benzene rings is 2. The molecule has 0 saturated heterocycles. The van der Waals surface area contributed by atoms with E-state index in [1.165, 1.54) is 0 Å². The van der Waals surface area contributed by atoms with E-state index in [-0.39, 0.29) is 5.91 Å². The molecule has 2 aromatic carbocycles. The van der Waals surface area contributed by atoms with Gasteiger partial charge >= 0.3 is 0 Å². The predicted molar refractivity (Wildman–Crippen MR) is 101 cm³/mol. The van der Waals surface area contributed by atoms with Crippen molar-refractivity contribution < 1.29 is 9.53 Å². The van der Waals surface area contributed by atoms with E-state index < -0.39 is 0 Å². The molecule has 26 heavy (non-hydrogen) atoms. The molecule has 1 heterocycles. The Morgan fingerprint density at radius 2 is 1.92 bits per heavy atom. The molecule has 2 N–H and O–H groups in total. The minimum absolute atomic E-state index is 0.230. The monoisotopic (exact) mass is 348 g/mol. The number of nitrogens with one attached hydrogen (secondary N) is 2. The molecule has 0 unspecified atom stereocenters. The van der Waals surface area contributed by atoms with Crippen LogP contribution in [0, 0.1) is 0 Å². The molecule has 0 atom stereocenters. The van der Waals surface area contributed by atoms with Crippen molar-refractivity contribution in [2.75, 3.05) is 19.0 Å². The Morgan fingerprint density at radius 1 is 1.08 bits per heavy atom. The van der Waals surface area contributed by atoms with Crippen LogP contribution in [-0.4, -0.2) is 29.5 Å². The molecule has 0 fully saturated rings. The van der Waals surface area contributed by atoms with E-state index >= 15 is 0 Å². The van der Waals surface area contributed by atoms with E-state index in [2.05, 4.69) is 20.6 Å². The highest BCUT2D eigenvalue weighted by Gasteiger charge is 2.08. The van der Waals surface area contributed by atoms with E-state index in [1.54, 1.807) is 19.4 Å². The van der Waals surface area contributed by atoms with Crippen LogP contribution >= 0.6 is 0 Å². The fourth-order valence-corrected chi connectivity index (χ4v) is 2.43. The van der Waals surface area contributed by atoms with Crippen LogP contribution in [0.2, 0.25) is 0 Å². The van der Waals surface area contributed by atoms with Gasteiger partial charge in [0.05, 0.1) is 7.11 Å². The lowest BCUT2D eigenvalue weighted by molar-refractivity contribution is 0.0949. The maximum Gasteiger partial charge on any atom is 0.270 e. The van der Waals surface area contributed by atoms with Crippen LogP contribution in [0.15, 0.2) is 66.9 Å². The van der Waals surface area contributed by atoms with Gasteiger partial charge in [-0.05, 0) is 42.3 Å². The highest BCUT2D eigenvalue weighted by molar-refractivity contribution is 5.92. The van der Waals surface area contributed by atoms with Crippen molar-refractivity contribution in [3.05, 3.63) is 78.1 Å². The first-order valence-corrected chi connectivity index (χ1v) is 8.31. The van der Waals surface area contributed by atoms with Gasteiger partial charge in [-0.15, -0.1) is 0 Å². The molecule has 0 spiro atoms. The van der Waals surface area contributed by atoms with Gasteiger partial charge in [0.25, 0.3) is 5.91 Å². The van der Waals surface area contributed by atoms with Gasteiger partial charge in [-0.25, -0.2) is 9.97 Å². The Labute approximate surface area is 152 Å². The Balaban J connectivity index is 1.56. The zero-order valence-electron chi connectivity index (χ0n) is 14.5. The maximum atomic E-state index is 12.3. The largest absolute Gasteiger partial charge is 0.497 e. The molecular formula is C20H20N4O2. The SMILES string of the molecule is COc1cccc(CCNC(=O)c2ccnc(Nc3ccccc3)n2)c1. The van der Waals surface area contributed by atoms with Crippen molar-refractivity contribution in [2.45, 2.75) is 6.42 Å². The third-order valence-corrected chi connectivity index (χ3v) is 3.75. The topological polar surface area (TPSA) is 76.1 Å². The van der Waals surface area contributed by atoms with Gasteiger partial charge in [-0.1, -0.05) is 30.3 Å². The summed E-state index contributed by atoms with van der Waals surface area (Å²) >= 11 is 0. The third kappa shape index (κ3) is 4.80. The van der Waals surface area contributed by atoms with E-state index in [1.807, 2.05) is 54.6 Å². The average molecular weight is 348 g/mol. The minimum atomic E-state index is -0.230. The fourth-order valence-electron chi connectivity index (χ4n) is 2.43. The molecule has 0 aliphatic carbocycles. The Kier molecular flexibility index (Phi) is 5.77. The summed E-state index contributed by atoms with van der Waals surface area (Å²) in [5, 5.41) is 5.96. The van der Waals surface area contributed by atoms with Gasteiger partial charge in [0, 0.05) is 18.4 Å². The molecule has 6 nitrogen and oxygen atoms in total. The van der Waals surface area contributed by atoms with Gasteiger partial charge in [-0.2, -0.15) is 0 Å². The average Bonchev–Trinajstić information content (AvgIpc) is 2.69. The summed E-state index contributed by atoms with van der Waals surface area (Å²) in [5.41, 5.74) is 2.28. The lowest BCUT2D eigenvalue weighted by atomic mass is 10.1. The van der Waals surface area contributed by atoms with Crippen LogP contribution in [-0.2, 0) is 6.42 Å². The molecule has 6 heteroatoms. The van der Waals surface area contributed by atoms with Crippen molar-refractivity contribution in [2.24, 2.45) is 0 Å². The maximum absolute atomic E-state index is 12.3. The van der Waals surface area contributed by atoms with Gasteiger partial charge < -0.3 is 15.4 Å². The van der Waals surface area contributed by atoms with E-state index in [9.17, 15) is 4.79 Å². The van der Waals surface area contributed by atoms with Crippen molar-refractivity contribution in [1.29, 1.82) is 0 Å². The molecule has 3 aromatic rings. The Hall–Kier alpha value is -3.41. The first kappa shape index (κ1) is 17.4. The number of hydrogen-bond acceptors (Lipinski definition) is 5.